The number of amides is 1. The minimum absolute atomic E-state index is 0.0102. The van der Waals surface area contributed by atoms with Crippen molar-refractivity contribution in [3.8, 4) is 0 Å². The fraction of sp³-hybridized carbons (Fsp3) is 0.409. The Balaban J connectivity index is 2.01. The Hall–Kier alpha value is -2.33. The molecule has 2 rings (SSSR count). The predicted molar refractivity (Wildman–Crippen MR) is 106 cm³/mol. The van der Waals surface area contributed by atoms with Crippen LogP contribution in [-0.4, -0.2) is 36.2 Å². The van der Waals surface area contributed by atoms with Crippen molar-refractivity contribution in [3.63, 3.8) is 0 Å². The summed E-state index contributed by atoms with van der Waals surface area (Å²) in [6, 6.07) is 20.5. The first-order valence-corrected chi connectivity index (χ1v) is 9.09. The van der Waals surface area contributed by atoms with Gasteiger partial charge in [-0.1, -0.05) is 60.7 Å². The second-order valence-corrected chi connectivity index (χ2v) is 7.55. The van der Waals surface area contributed by atoms with E-state index in [4.69, 9.17) is 4.74 Å². The molecule has 0 fully saturated rings. The van der Waals surface area contributed by atoms with Gasteiger partial charge in [0.1, 0.15) is 5.60 Å². The maximum atomic E-state index is 12.5. The highest BCUT2D eigenvalue weighted by Gasteiger charge is 2.25. The lowest BCUT2D eigenvalue weighted by Gasteiger charge is -2.31. The number of nitrogens with one attached hydrogen (secondary N) is 1. The van der Waals surface area contributed by atoms with Crippen LogP contribution in [0.2, 0.25) is 0 Å². The van der Waals surface area contributed by atoms with Crippen LogP contribution in [0.4, 0.5) is 4.79 Å². The van der Waals surface area contributed by atoms with E-state index in [1.54, 1.807) is 4.90 Å². The first-order chi connectivity index (χ1) is 12.3. The van der Waals surface area contributed by atoms with Gasteiger partial charge in [-0.2, -0.15) is 0 Å². The number of ether oxygens (including phenoxy) is 1. The first kappa shape index (κ1) is 20.0. The zero-order valence-electron chi connectivity index (χ0n) is 16.2. The second-order valence-electron chi connectivity index (χ2n) is 7.55. The van der Waals surface area contributed by atoms with Crippen molar-refractivity contribution in [2.75, 3.05) is 13.6 Å². The van der Waals surface area contributed by atoms with Gasteiger partial charge in [-0.05, 0) is 38.3 Å². The third-order valence-electron chi connectivity index (χ3n) is 4.10. The summed E-state index contributed by atoms with van der Waals surface area (Å²) in [5.41, 5.74) is 1.93. The molecule has 1 amide bonds. The van der Waals surface area contributed by atoms with Crippen LogP contribution >= 0.6 is 0 Å². The zero-order chi connectivity index (χ0) is 19.0. The zero-order valence-corrected chi connectivity index (χ0v) is 16.2. The number of nitrogens with zero attached hydrogens (tertiary/aromatic N) is 1. The molecule has 4 heteroatoms. The molecule has 0 aliphatic rings. The van der Waals surface area contributed by atoms with Gasteiger partial charge in [0.2, 0.25) is 0 Å². The van der Waals surface area contributed by atoms with Gasteiger partial charge in [0.25, 0.3) is 0 Å². The molecule has 1 atom stereocenters. The van der Waals surface area contributed by atoms with Crippen molar-refractivity contribution in [1.82, 2.24) is 10.2 Å². The maximum Gasteiger partial charge on any atom is 0.410 e. The standard InChI is InChI=1S/C22H30N2O2/c1-22(2,3)26-21(25)24(4)20(15-18-11-7-5-8-12-18)17-23-16-19-13-9-6-10-14-19/h5-14,20,23H,15-17H2,1-4H3. The van der Waals surface area contributed by atoms with Crippen LogP contribution in [0.25, 0.3) is 0 Å². The van der Waals surface area contributed by atoms with Gasteiger partial charge in [0, 0.05) is 20.1 Å². The highest BCUT2D eigenvalue weighted by Crippen LogP contribution is 2.13. The summed E-state index contributed by atoms with van der Waals surface area (Å²) in [5, 5.41) is 3.47. The molecule has 26 heavy (non-hydrogen) atoms. The highest BCUT2D eigenvalue weighted by molar-refractivity contribution is 5.68. The molecule has 1 N–H and O–H groups in total. The summed E-state index contributed by atoms with van der Waals surface area (Å²) in [5.74, 6) is 0. The molecule has 0 heterocycles. The summed E-state index contributed by atoms with van der Waals surface area (Å²) < 4.78 is 5.54. The predicted octanol–water partition coefficient (Wildman–Crippen LogP) is 4.25. The van der Waals surface area contributed by atoms with E-state index < -0.39 is 5.60 Å². The maximum absolute atomic E-state index is 12.5. The molecule has 0 spiro atoms. The van der Waals surface area contributed by atoms with Gasteiger partial charge in [-0.3, -0.25) is 0 Å². The molecule has 2 aromatic carbocycles. The smallest absolute Gasteiger partial charge is 0.410 e. The lowest BCUT2D eigenvalue weighted by molar-refractivity contribution is 0.0221. The quantitative estimate of drug-likeness (QED) is 0.808. The fourth-order valence-electron chi connectivity index (χ4n) is 2.69. The largest absolute Gasteiger partial charge is 0.444 e. The Kier molecular flexibility index (Phi) is 7.22. The van der Waals surface area contributed by atoms with Gasteiger partial charge in [-0.15, -0.1) is 0 Å². The van der Waals surface area contributed by atoms with Crippen molar-refractivity contribution >= 4 is 6.09 Å². The van der Waals surface area contributed by atoms with Gasteiger partial charge in [-0.25, -0.2) is 4.79 Å². The minimum atomic E-state index is -0.500. The van der Waals surface area contributed by atoms with Gasteiger partial charge in [0.05, 0.1) is 6.04 Å². The molecule has 140 valence electrons. The Morgan fingerprint density at radius 3 is 2.08 bits per heavy atom. The SMILES string of the molecule is CN(C(=O)OC(C)(C)C)C(CNCc1ccccc1)Cc1ccccc1. The molecule has 0 aromatic heterocycles. The lowest BCUT2D eigenvalue weighted by atomic mass is 10.0. The van der Waals surface area contributed by atoms with E-state index in [1.807, 2.05) is 64.2 Å². The van der Waals surface area contributed by atoms with Crippen LogP contribution in [0.15, 0.2) is 60.7 Å². The average molecular weight is 354 g/mol. The summed E-state index contributed by atoms with van der Waals surface area (Å²) in [6.07, 6.45) is 0.484. The summed E-state index contributed by atoms with van der Waals surface area (Å²) >= 11 is 0. The van der Waals surface area contributed by atoms with Crippen molar-refractivity contribution in [1.29, 1.82) is 0 Å². The number of hydrogen-bond donors (Lipinski definition) is 1. The van der Waals surface area contributed by atoms with E-state index in [0.717, 1.165) is 13.0 Å². The normalized spacial score (nSPS) is 12.5. The fourth-order valence-corrected chi connectivity index (χ4v) is 2.69. The van der Waals surface area contributed by atoms with Crippen LogP contribution in [0.5, 0.6) is 0 Å². The topological polar surface area (TPSA) is 41.6 Å². The van der Waals surface area contributed by atoms with E-state index in [-0.39, 0.29) is 12.1 Å². The van der Waals surface area contributed by atoms with Crippen molar-refractivity contribution < 1.29 is 9.53 Å². The number of likely N-dealkylation sites (N-methyl/N-ethyl adjacent to an activating group) is 1. The average Bonchev–Trinajstić information content (AvgIpc) is 2.60. The molecule has 0 aliphatic carbocycles. The van der Waals surface area contributed by atoms with Crippen LogP contribution in [0.1, 0.15) is 31.9 Å². The number of rotatable bonds is 7. The molecule has 0 saturated heterocycles. The Morgan fingerprint density at radius 1 is 1.00 bits per heavy atom. The molecule has 0 saturated carbocycles. The number of benzene rings is 2. The first-order valence-electron chi connectivity index (χ1n) is 9.09. The van der Waals surface area contributed by atoms with Crippen LogP contribution in [0, 0.1) is 0 Å². The summed E-state index contributed by atoms with van der Waals surface area (Å²) in [4.78, 5) is 14.2. The molecular weight excluding hydrogens is 324 g/mol. The van der Waals surface area contributed by atoms with E-state index >= 15 is 0 Å². The van der Waals surface area contributed by atoms with Crippen molar-refractivity contribution in [2.45, 2.75) is 45.4 Å². The Labute approximate surface area is 157 Å². The van der Waals surface area contributed by atoms with E-state index in [9.17, 15) is 4.79 Å². The van der Waals surface area contributed by atoms with Crippen LogP contribution in [-0.2, 0) is 17.7 Å². The molecular formula is C22H30N2O2. The molecule has 0 bridgehead atoms. The highest BCUT2D eigenvalue weighted by atomic mass is 16.6. The lowest BCUT2D eigenvalue weighted by Crippen LogP contribution is -2.46. The Morgan fingerprint density at radius 2 is 1.54 bits per heavy atom. The van der Waals surface area contributed by atoms with E-state index in [0.29, 0.717) is 6.54 Å². The van der Waals surface area contributed by atoms with Gasteiger partial charge >= 0.3 is 6.09 Å². The monoisotopic (exact) mass is 354 g/mol. The number of carbonyl (C=O) groups excluding carboxylic acids is 1. The number of carbonyl (C=O) groups is 1. The Bertz CT molecular complexity index is 666. The van der Waals surface area contributed by atoms with Crippen LogP contribution in [0.3, 0.4) is 0 Å². The molecule has 2 aromatic rings. The molecule has 1 unspecified atom stereocenters. The third-order valence-corrected chi connectivity index (χ3v) is 4.10. The summed E-state index contributed by atoms with van der Waals surface area (Å²) in [6.45, 7) is 7.13. The van der Waals surface area contributed by atoms with Gasteiger partial charge in [0.15, 0.2) is 0 Å². The minimum Gasteiger partial charge on any atom is -0.444 e. The molecule has 0 aliphatic heterocycles. The van der Waals surface area contributed by atoms with Crippen molar-refractivity contribution in [2.24, 2.45) is 0 Å². The third kappa shape index (κ3) is 6.89. The van der Waals surface area contributed by atoms with Crippen LogP contribution < -0.4 is 5.32 Å². The summed E-state index contributed by atoms with van der Waals surface area (Å²) in [7, 11) is 1.81. The second kappa shape index (κ2) is 9.39. The molecule has 4 nitrogen and oxygen atoms in total. The van der Waals surface area contributed by atoms with E-state index in [2.05, 4.69) is 29.6 Å². The van der Waals surface area contributed by atoms with Gasteiger partial charge < -0.3 is 15.0 Å². The van der Waals surface area contributed by atoms with E-state index in [1.165, 1.54) is 11.1 Å². The molecule has 0 radical (unpaired) electrons. The number of hydrogen-bond acceptors (Lipinski definition) is 3. The van der Waals surface area contributed by atoms with Crippen molar-refractivity contribution in [3.05, 3.63) is 71.8 Å².